The number of hydrogen-bond donors (Lipinski definition) is 2. The van der Waals surface area contributed by atoms with Gasteiger partial charge in [-0.1, -0.05) is 49.1 Å². The average Bonchev–Trinajstić information content (AvgIpc) is 2.60. The fourth-order valence-electron chi connectivity index (χ4n) is 2.21. The Labute approximate surface area is 142 Å². The number of nitrogens with one attached hydrogen (secondary N) is 1. The van der Waals surface area contributed by atoms with E-state index < -0.39 is 0 Å². The van der Waals surface area contributed by atoms with E-state index in [1.54, 1.807) is 24.3 Å². The van der Waals surface area contributed by atoms with E-state index in [1.807, 2.05) is 43.3 Å². The van der Waals surface area contributed by atoms with Crippen molar-refractivity contribution in [2.75, 3.05) is 12.3 Å². The highest BCUT2D eigenvalue weighted by atomic mass is 16.5. The minimum absolute atomic E-state index is 0.0527. The first kappa shape index (κ1) is 17.3. The molecular weight excluding hydrogens is 300 g/mol. The largest absolute Gasteiger partial charge is 0.487 e. The summed E-state index contributed by atoms with van der Waals surface area (Å²) in [6.45, 7) is 5.95. The van der Waals surface area contributed by atoms with E-state index in [9.17, 15) is 4.79 Å². The van der Waals surface area contributed by atoms with Gasteiger partial charge in [0, 0.05) is 6.08 Å². The number of anilines is 1. The number of nitrogens with two attached hydrogens (primary N) is 1. The van der Waals surface area contributed by atoms with E-state index in [-0.39, 0.29) is 11.9 Å². The van der Waals surface area contributed by atoms with Crippen molar-refractivity contribution in [1.29, 1.82) is 0 Å². The first-order valence-electron chi connectivity index (χ1n) is 7.77. The lowest BCUT2D eigenvalue weighted by molar-refractivity contribution is -0.117. The number of nitrogen functional groups attached to an aromatic ring is 1. The molecule has 0 aliphatic carbocycles. The van der Waals surface area contributed by atoms with E-state index in [0.29, 0.717) is 18.0 Å². The second kappa shape index (κ2) is 8.58. The zero-order valence-corrected chi connectivity index (χ0v) is 13.7. The number of carbonyl (C=O) groups excluding carboxylic acids is 1. The molecule has 1 unspecified atom stereocenters. The molecule has 1 atom stereocenters. The predicted molar refractivity (Wildman–Crippen MR) is 98.6 cm³/mol. The van der Waals surface area contributed by atoms with Crippen molar-refractivity contribution < 1.29 is 9.53 Å². The lowest BCUT2D eigenvalue weighted by Gasteiger charge is -2.12. The summed E-state index contributed by atoms with van der Waals surface area (Å²) >= 11 is 0. The maximum Gasteiger partial charge on any atom is 0.244 e. The van der Waals surface area contributed by atoms with Crippen molar-refractivity contribution in [1.82, 2.24) is 5.32 Å². The second-order valence-electron chi connectivity index (χ2n) is 5.37. The summed E-state index contributed by atoms with van der Waals surface area (Å²) in [5.74, 6) is 0.450. The Kier molecular flexibility index (Phi) is 6.20. The van der Waals surface area contributed by atoms with Crippen molar-refractivity contribution in [3.63, 3.8) is 0 Å². The van der Waals surface area contributed by atoms with Crippen LogP contribution in [-0.2, 0) is 4.79 Å². The standard InChI is InChI=1S/C20H22N2O2/c1-3-13-24-19-11-9-16(14-18(19)21)10-12-20(23)22-15(2)17-7-5-4-6-8-17/h3-12,14-15H,1,13,21H2,2H3,(H,22,23)/b12-10-. The van der Waals surface area contributed by atoms with E-state index in [1.165, 1.54) is 6.08 Å². The number of ether oxygens (including phenoxy) is 1. The summed E-state index contributed by atoms with van der Waals surface area (Å²) in [5.41, 5.74) is 8.35. The summed E-state index contributed by atoms with van der Waals surface area (Å²) in [5, 5.41) is 2.93. The molecule has 0 radical (unpaired) electrons. The molecule has 0 heterocycles. The van der Waals surface area contributed by atoms with Gasteiger partial charge in [0.2, 0.25) is 5.91 Å². The van der Waals surface area contributed by atoms with Crippen LogP contribution in [0.15, 0.2) is 67.3 Å². The van der Waals surface area contributed by atoms with Crippen LogP contribution >= 0.6 is 0 Å². The molecule has 2 aromatic rings. The fraction of sp³-hybridized carbons (Fsp3) is 0.150. The smallest absolute Gasteiger partial charge is 0.244 e. The van der Waals surface area contributed by atoms with Crippen LogP contribution in [0.4, 0.5) is 5.69 Å². The molecule has 3 N–H and O–H groups in total. The molecule has 24 heavy (non-hydrogen) atoms. The first-order valence-corrected chi connectivity index (χ1v) is 7.77. The van der Waals surface area contributed by atoms with Crippen LogP contribution in [0, 0.1) is 0 Å². The van der Waals surface area contributed by atoms with Gasteiger partial charge in [0.05, 0.1) is 11.7 Å². The molecule has 0 saturated carbocycles. The molecule has 0 saturated heterocycles. The summed E-state index contributed by atoms with van der Waals surface area (Å²) < 4.78 is 5.42. The Hall–Kier alpha value is -3.01. The van der Waals surface area contributed by atoms with Gasteiger partial charge in [0.15, 0.2) is 0 Å². The normalized spacial score (nSPS) is 11.9. The molecule has 0 aromatic heterocycles. The van der Waals surface area contributed by atoms with Gasteiger partial charge in [0.1, 0.15) is 12.4 Å². The Morgan fingerprint density at radius 1 is 1.29 bits per heavy atom. The summed E-state index contributed by atoms with van der Waals surface area (Å²) in [4.78, 5) is 12.0. The Bertz CT molecular complexity index is 724. The van der Waals surface area contributed by atoms with Gasteiger partial charge in [-0.3, -0.25) is 4.79 Å². The van der Waals surface area contributed by atoms with Crippen LogP contribution in [0.1, 0.15) is 24.1 Å². The summed E-state index contributed by atoms with van der Waals surface area (Å²) in [6, 6.07) is 15.2. The Balaban J connectivity index is 1.96. The van der Waals surface area contributed by atoms with Gasteiger partial charge in [-0.05, 0) is 36.3 Å². The van der Waals surface area contributed by atoms with E-state index >= 15 is 0 Å². The lowest BCUT2D eigenvalue weighted by Crippen LogP contribution is -2.24. The highest BCUT2D eigenvalue weighted by Gasteiger charge is 2.06. The number of rotatable bonds is 7. The molecule has 0 spiro atoms. The third-order valence-electron chi connectivity index (χ3n) is 3.48. The minimum atomic E-state index is -0.156. The highest BCUT2D eigenvalue weighted by Crippen LogP contribution is 2.23. The van der Waals surface area contributed by atoms with Crippen molar-refractivity contribution in [2.24, 2.45) is 0 Å². The summed E-state index contributed by atoms with van der Waals surface area (Å²) in [7, 11) is 0. The van der Waals surface area contributed by atoms with E-state index in [4.69, 9.17) is 10.5 Å². The second-order valence-corrected chi connectivity index (χ2v) is 5.37. The average molecular weight is 322 g/mol. The van der Waals surface area contributed by atoms with Crippen LogP contribution < -0.4 is 15.8 Å². The quantitative estimate of drug-likeness (QED) is 0.464. The summed E-state index contributed by atoms with van der Waals surface area (Å²) in [6.07, 6.45) is 4.88. The predicted octanol–water partition coefficient (Wildman–Crippen LogP) is 3.72. The molecule has 2 aromatic carbocycles. The molecule has 124 valence electrons. The van der Waals surface area contributed by atoms with Crippen molar-refractivity contribution in [3.05, 3.63) is 78.4 Å². The topological polar surface area (TPSA) is 64.3 Å². The van der Waals surface area contributed by atoms with Crippen molar-refractivity contribution in [2.45, 2.75) is 13.0 Å². The van der Waals surface area contributed by atoms with Gasteiger partial charge in [-0.15, -0.1) is 0 Å². The zero-order chi connectivity index (χ0) is 17.4. The highest BCUT2D eigenvalue weighted by molar-refractivity contribution is 5.92. The monoisotopic (exact) mass is 322 g/mol. The third-order valence-corrected chi connectivity index (χ3v) is 3.48. The van der Waals surface area contributed by atoms with Gasteiger partial charge in [0.25, 0.3) is 0 Å². The maximum absolute atomic E-state index is 12.0. The molecule has 0 fully saturated rings. The number of carbonyl (C=O) groups is 1. The lowest BCUT2D eigenvalue weighted by atomic mass is 10.1. The molecule has 4 heteroatoms. The van der Waals surface area contributed by atoms with Crippen LogP contribution in [0.5, 0.6) is 5.75 Å². The van der Waals surface area contributed by atoms with E-state index in [0.717, 1.165) is 11.1 Å². The number of benzene rings is 2. The number of amides is 1. The van der Waals surface area contributed by atoms with Crippen molar-refractivity contribution >= 4 is 17.7 Å². The zero-order valence-electron chi connectivity index (χ0n) is 13.7. The van der Waals surface area contributed by atoms with Crippen LogP contribution in [0.25, 0.3) is 6.08 Å². The van der Waals surface area contributed by atoms with Gasteiger partial charge in [-0.2, -0.15) is 0 Å². The minimum Gasteiger partial charge on any atom is -0.487 e. The molecule has 2 rings (SSSR count). The van der Waals surface area contributed by atoms with Crippen LogP contribution in [0.3, 0.4) is 0 Å². The van der Waals surface area contributed by atoms with Gasteiger partial charge < -0.3 is 15.8 Å². The van der Waals surface area contributed by atoms with Crippen molar-refractivity contribution in [3.8, 4) is 5.75 Å². The van der Waals surface area contributed by atoms with Crippen LogP contribution in [0.2, 0.25) is 0 Å². The van der Waals surface area contributed by atoms with Crippen LogP contribution in [-0.4, -0.2) is 12.5 Å². The molecular formula is C20H22N2O2. The third kappa shape index (κ3) is 5.02. The Morgan fingerprint density at radius 2 is 2.04 bits per heavy atom. The first-order chi connectivity index (χ1) is 11.6. The Morgan fingerprint density at radius 3 is 2.71 bits per heavy atom. The molecule has 0 aliphatic rings. The molecule has 4 nitrogen and oxygen atoms in total. The number of hydrogen-bond acceptors (Lipinski definition) is 3. The van der Waals surface area contributed by atoms with Gasteiger partial charge in [-0.25, -0.2) is 0 Å². The van der Waals surface area contributed by atoms with Gasteiger partial charge >= 0.3 is 0 Å². The molecule has 0 bridgehead atoms. The molecule has 1 amide bonds. The molecule has 0 aliphatic heterocycles. The van der Waals surface area contributed by atoms with E-state index in [2.05, 4.69) is 11.9 Å². The fourth-order valence-corrected chi connectivity index (χ4v) is 2.21. The maximum atomic E-state index is 12.0. The SMILES string of the molecule is C=CCOc1ccc(/C=C\C(=O)NC(C)c2ccccc2)cc1N.